The van der Waals surface area contributed by atoms with Crippen LogP contribution in [0.5, 0.6) is 5.75 Å². The first-order chi connectivity index (χ1) is 12.2. The van der Waals surface area contributed by atoms with Gasteiger partial charge in [-0.2, -0.15) is 0 Å². The van der Waals surface area contributed by atoms with E-state index < -0.39 is 0 Å². The first kappa shape index (κ1) is 15.4. The second-order valence-corrected chi connectivity index (χ2v) is 5.90. The molecule has 1 aliphatic rings. The highest BCUT2D eigenvalue weighted by Gasteiger charge is 2.24. The van der Waals surface area contributed by atoms with Crippen LogP contribution < -0.4 is 15.0 Å². The molecule has 3 aromatic rings. The number of aromatic nitrogens is 2. The van der Waals surface area contributed by atoms with E-state index in [1.165, 1.54) is 0 Å². The fraction of sp³-hybridized carbons (Fsp3) is 0.211. The monoisotopic (exact) mass is 334 g/mol. The van der Waals surface area contributed by atoms with Crippen LogP contribution in [0.4, 0.5) is 11.5 Å². The summed E-state index contributed by atoms with van der Waals surface area (Å²) in [5, 5.41) is 3.90. The van der Waals surface area contributed by atoms with E-state index in [-0.39, 0.29) is 5.91 Å². The number of ether oxygens (including phenoxy) is 1. The third-order valence-electron chi connectivity index (χ3n) is 4.31. The van der Waals surface area contributed by atoms with Crippen molar-refractivity contribution in [2.24, 2.45) is 0 Å². The summed E-state index contributed by atoms with van der Waals surface area (Å²) in [6.07, 6.45) is 0. The van der Waals surface area contributed by atoms with Crippen LogP contribution in [0.15, 0.2) is 42.5 Å². The van der Waals surface area contributed by atoms with Crippen molar-refractivity contribution >= 4 is 28.3 Å². The van der Waals surface area contributed by atoms with Crippen LogP contribution in [-0.4, -0.2) is 36.1 Å². The molecule has 0 aliphatic carbocycles. The van der Waals surface area contributed by atoms with E-state index >= 15 is 0 Å². The Kier molecular flexibility index (Phi) is 3.72. The molecule has 1 amide bonds. The van der Waals surface area contributed by atoms with Crippen molar-refractivity contribution in [3.8, 4) is 5.75 Å². The smallest absolute Gasteiger partial charge is 0.253 e. The molecule has 0 unspecified atom stereocenters. The van der Waals surface area contributed by atoms with Crippen LogP contribution in [-0.2, 0) is 0 Å². The topological polar surface area (TPSA) is 67.3 Å². The molecule has 4 rings (SSSR count). The van der Waals surface area contributed by atoms with E-state index in [9.17, 15) is 4.79 Å². The zero-order valence-electron chi connectivity index (χ0n) is 14.1. The Morgan fingerprint density at radius 1 is 1.16 bits per heavy atom. The van der Waals surface area contributed by atoms with Gasteiger partial charge in [0.25, 0.3) is 5.91 Å². The van der Waals surface area contributed by atoms with Gasteiger partial charge in [-0.15, -0.1) is 0 Å². The second-order valence-electron chi connectivity index (χ2n) is 5.90. The summed E-state index contributed by atoms with van der Waals surface area (Å²) in [4.78, 5) is 23.7. The molecular weight excluding hydrogens is 316 g/mol. The van der Waals surface area contributed by atoms with Crippen molar-refractivity contribution in [2.75, 3.05) is 25.1 Å². The highest BCUT2D eigenvalue weighted by molar-refractivity contribution is 6.03. The normalized spacial score (nSPS) is 14.0. The molecule has 126 valence electrons. The Balaban J connectivity index is 1.95. The molecule has 0 radical (unpaired) electrons. The molecule has 0 saturated heterocycles. The van der Waals surface area contributed by atoms with Gasteiger partial charge in [-0.25, -0.2) is 9.97 Å². The first-order valence-corrected chi connectivity index (χ1v) is 8.14. The van der Waals surface area contributed by atoms with Gasteiger partial charge in [0.05, 0.1) is 23.9 Å². The third-order valence-corrected chi connectivity index (χ3v) is 4.31. The quantitative estimate of drug-likeness (QED) is 0.780. The largest absolute Gasteiger partial charge is 0.497 e. The second kappa shape index (κ2) is 6.05. The van der Waals surface area contributed by atoms with Gasteiger partial charge < -0.3 is 15.0 Å². The standard InChI is InChI=1S/C19H18N4O2/c1-12-21-16-6-4-3-5-14(16)18(22-12)23-10-9-20-19(24)15-11-13(25-2)7-8-17(15)23/h3-8,11H,9-10H2,1-2H3,(H,20,24). The number of carbonyl (C=O) groups excluding carboxylic acids is 1. The maximum atomic E-state index is 12.5. The van der Waals surface area contributed by atoms with E-state index in [1.807, 2.05) is 43.3 Å². The molecule has 0 fully saturated rings. The number of hydrogen-bond acceptors (Lipinski definition) is 5. The van der Waals surface area contributed by atoms with E-state index in [0.717, 1.165) is 22.4 Å². The van der Waals surface area contributed by atoms with Gasteiger partial charge in [0.15, 0.2) is 0 Å². The lowest BCUT2D eigenvalue weighted by atomic mass is 10.1. The van der Waals surface area contributed by atoms with Gasteiger partial charge in [-0.1, -0.05) is 12.1 Å². The SMILES string of the molecule is COc1ccc2c(c1)C(=O)NCCN2c1nc(C)nc2ccccc12. The van der Waals surface area contributed by atoms with E-state index in [2.05, 4.69) is 20.2 Å². The van der Waals surface area contributed by atoms with Crippen molar-refractivity contribution in [1.29, 1.82) is 0 Å². The number of rotatable bonds is 2. The van der Waals surface area contributed by atoms with Crippen LogP contribution in [0.3, 0.4) is 0 Å². The van der Waals surface area contributed by atoms with Crippen molar-refractivity contribution in [3.05, 3.63) is 53.9 Å². The van der Waals surface area contributed by atoms with Gasteiger partial charge >= 0.3 is 0 Å². The molecular formula is C19H18N4O2. The lowest BCUT2D eigenvalue weighted by molar-refractivity contribution is 0.0957. The van der Waals surface area contributed by atoms with Crippen molar-refractivity contribution < 1.29 is 9.53 Å². The number of fused-ring (bicyclic) bond motifs is 2. The Morgan fingerprint density at radius 2 is 2.00 bits per heavy atom. The molecule has 1 aromatic heterocycles. The predicted octanol–water partition coefficient (Wildman–Crippen LogP) is 2.83. The summed E-state index contributed by atoms with van der Waals surface area (Å²) >= 11 is 0. The Labute approximate surface area is 145 Å². The van der Waals surface area contributed by atoms with Gasteiger partial charge in [0, 0.05) is 18.5 Å². The summed E-state index contributed by atoms with van der Waals surface area (Å²) in [5.74, 6) is 2.06. The van der Waals surface area contributed by atoms with Crippen molar-refractivity contribution in [2.45, 2.75) is 6.92 Å². The van der Waals surface area contributed by atoms with Crippen LogP contribution in [0, 0.1) is 6.92 Å². The van der Waals surface area contributed by atoms with E-state index in [0.29, 0.717) is 30.2 Å². The van der Waals surface area contributed by atoms with Crippen LogP contribution in [0.1, 0.15) is 16.2 Å². The highest BCUT2D eigenvalue weighted by Crippen LogP contribution is 2.34. The molecule has 0 spiro atoms. The summed E-state index contributed by atoms with van der Waals surface area (Å²) in [6, 6.07) is 13.5. The van der Waals surface area contributed by atoms with Gasteiger partial charge in [-0.3, -0.25) is 4.79 Å². The zero-order valence-corrected chi connectivity index (χ0v) is 14.1. The average Bonchev–Trinajstić information content (AvgIpc) is 2.79. The lowest BCUT2D eigenvalue weighted by Gasteiger charge is -2.24. The summed E-state index contributed by atoms with van der Waals surface area (Å²) in [6.45, 7) is 3.05. The zero-order chi connectivity index (χ0) is 17.4. The number of hydrogen-bond donors (Lipinski definition) is 1. The van der Waals surface area contributed by atoms with Crippen LogP contribution >= 0.6 is 0 Å². The molecule has 0 bridgehead atoms. The first-order valence-electron chi connectivity index (χ1n) is 8.14. The Morgan fingerprint density at radius 3 is 2.84 bits per heavy atom. The number of nitrogens with zero attached hydrogens (tertiary/aromatic N) is 3. The lowest BCUT2D eigenvalue weighted by Crippen LogP contribution is -2.28. The van der Waals surface area contributed by atoms with Crippen LogP contribution in [0.2, 0.25) is 0 Å². The Hall–Kier alpha value is -3.15. The number of para-hydroxylation sites is 1. The van der Waals surface area contributed by atoms with Crippen molar-refractivity contribution in [1.82, 2.24) is 15.3 Å². The molecule has 6 heteroatoms. The molecule has 25 heavy (non-hydrogen) atoms. The maximum Gasteiger partial charge on any atom is 0.253 e. The summed E-state index contributed by atoms with van der Waals surface area (Å²) < 4.78 is 5.28. The van der Waals surface area contributed by atoms with Gasteiger partial charge in [0.1, 0.15) is 17.4 Å². The number of carbonyl (C=O) groups is 1. The van der Waals surface area contributed by atoms with Crippen molar-refractivity contribution in [3.63, 3.8) is 0 Å². The number of methoxy groups -OCH3 is 1. The maximum absolute atomic E-state index is 12.5. The summed E-state index contributed by atoms with van der Waals surface area (Å²) in [5.41, 5.74) is 2.29. The number of nitrogens with one attached hydrogen (secondary N) is 1. The number of aryl methyl sites for hydroxylation is 1. The third kappa shape index (κ3) is 2.65. The Bertz CT molecular complexity index is 971. The summed E-state index contributed by atoms with van der Waals surface area (Å²) in [7, 11) is 1.59. The highest BCUT2D eigenvalue weighted by atomic mass is 16.5. The molecule has 0 saturated carbocycles. The molecule has 0 atom stereocenters. The molecule has 2 aromatic carbocycles. The fourth-order valence-electron chi connectivity index (χ4n) is 3.16. The number of anilines is 2. The molecule has 2 heterocycles. The van der Waals surface area contributed by atoms with Gasteiger partial charge in [-0.05, 0) is 37.3 Å². The van der Waals surface area contributed by atoms with E-state index in [4.69, 9.17) is 4.74 Å². The predicted molar refractivity (Wildman–Crippen MR) is 96.6 cm³/mol. The van der Waals surface area contributed by atoms with Crippen LogP contribution in [0.25, 0.3) is 10.9 Å². The minimum atomic E-state index is -0.105. The number of benzene rings is 2. The fourth-order valence-corrected chi connectivity index (χ4v) is 3.16. The molecule has 6 nitrogen and oxygen atoms in total. The van der Waals surface area contributed by atoms with E-state index in [1.54, 1.807) is 13.2 Å². The van der Waals surface area contributed by atoms with Gasteiger partial charge in [0.2, 0.25) is 0 Å². The molecule has 1 N–H and O–H groups in total. The minimum absolute atomic E-state index is 0.105. The minimum Gasteiger partial charge on any atom is -0.497 e. The molecule has 1 aliphatic heterocycles. The number of amides is 1. The average molecular weight is 334 g/mol.